The normalized spacial score (nSPS) is 15.0. The number of fused-ring (bicyclic) bond motifs is 2. The molecule has 17 heavy (non-hydrogen) atoms. The molecule has 1 aliphatic rings. The van der Waals surface area contributed by atoms with Gasteiger partial charge in [-0.2, -0.15) is 0 Å². The van der Waals surface area contributed by atoms with Crippen molar-refractivity contribution >= 4 is 38.4 Å². The Kier molecular flexibility index (Phi) is 2.85. The van der Waals surface area contributed by atoms with Gasteiger partial charge in [0.1, 0.15) is 0 Å². The number of aryl methyl sites for hydroxylation is 1. The topological polar surface area (TPSA) is 22.1 Å². The Labute approximate surface area is 113 Å². The number of ether oxygens (including phenoxy) is 1. The van der Waals surface area contributed by atoms with Gasteiger partial charge in [0.25, 0.3) is 0 Å². The van der Waals surface area contributed by atoms with E-state index >= 15 is 0 Å². The second kappa shape index (κ2) is 4.23. The predicted molar refractivity (Wildman–Crippen MR) is 72.6 cm³/mol. The van der Waals surface area contributed by atoms with Crippen LogP contribution < -0.4 is 0 Å². The third-order valence-corrected chi connectivity index (χ3v) is 4.07. The Morgan fingerprint density at radius 3 is 3.06 bits per heavy atom. The molecule has 0 unspecified atom stereocenters. The maximum atomic E-state index is 6.46. The first-order chi connectivity index (χ1) is 8.16. The average molecular weight is 313 g/mol. The van der Waals surface area contributed by atoms with Crippen molar-refractivity contribution in [1.29, 1.82) is 0 Å². The molecule has 0 aliphatic carbocycles. The minimum atomic E-state index is 0.572. The van der Waals surface area contributed by atoms with Crippen molar-refractivity contribution in [3.05, 3.63) is 38.4 Å². The highest BCUT2D eigenvalue weighted by Crippen LogP contribution is 2.34. The van der Waals surface area contributed by atoms with Crippen molar-refractivity contribution in [2.75, 3.05) is 6.61 Å². The lowest BCUT2D eigenvalue weighted by Crippen LogP contribution is -2.12. The lowest BCUT2D eigenvalue weighted by molar-refractivity contribution is 0.109. The molecule has 0 amide bonds. The number of rotatable bonds is 0. The fraction of sp³-hybridized carbons (Fsp3) is 0.308. The van der Waals surface area contributed by atoms with Crippen molar-refractivity contribution in [2.24, 2.45) is 0 Å². The SMILES string of the molecule is Cc1cc(Br)c2nc3c(c(Cl)c2c1)COCC3. The van der Waals surface area contributed by atoms with Crippen LogP contribution in [-0.4, -0.2) is 11.6 Å². The van der Waals surface area contributed by atoms with Crippen LogP contribution >= 0.6 is 27.5 Å². The first-order valence-electron chi connectivity index (χ1n) is 5.51. The monoisotopic (exact) mass is 311 g/mol. The molecule has 2 aromatic rings. The first kappa shape index (κ1) is 11.5. The third kappa shape index (κ3) is 1.86. The van der Waals surface area contributed by atoms with E-state index in [0.717, 1.165) is 44.7 Å². The van der Waals surface area contributed by atoms with Gasteiger partial charge in [0.15, 0.2) is 0 Å². The van der Waals surface area contributed by atoms with Gasteiger partial charge in [-0.3, -0.25) is 4.98 Å². The summed E-state index contributed by atoms with van der Waals surface area (Å²) in [6.45, 7) is 3.35. The highest BCUT2D eigenvalue weighted by molar-refractivity contribution is 9.10. The van der Waals surface area contributed by atoms with Gasteiger partial charge in [0.2, 0.25) is 0 Å². The van der Waals surface area contributed by atoms with Crippen molar-refractivity contribution < 1.29 is 4.74 Å². The van der Waals surface area contributed by atoms with Crippen LogP contribution in [0.25, 0.3) is 10.9 Å². The van der Waals surface area contributed by atoms with Crippen LogP contribution in [-0.2, 0) is 17.8 Å². The lowest BCUT2D eigenvalue weighted by Gasteiger charge is -2.18. The highest BCUT2D eigenvalue weighted by atomic mass is 79.9. The van der Waals surface area contributed by atoms with E-state index in [-0.39, 0.29) is 0 Å². The summed E-state index contributed by atoms with van der Waals surface area (Å²) in [7, 11) is 0. The molecule has 1 aromatic carbocycles. The Morgan fingerprint density at radius 1 is 1.41 bits per heavy atom. The summed E-state index contributed by atoms with van der Waals surface area (Å²) >= 11 is 10.0. The molecule has 1 aliphatic heterocycles. The summed E-state index contributed by atoms with van der Waals surface area (Å²) in [6, 6.07) is 4.14. The molecule has 0 spiro atoms. The minimum absolute atomic E-state index is 0.572. The predicted octanol–water partition coefficient (Wildman–Crippen LogP) is 4.03. The fourth-order valence-corrected chi connectivity index (χ4v) is 3.17. The van der Waals surface area contributed by atoms with Crippen molar-refractivity contribution in [2.45, 2.75) is 20.0 Å². The van der Waals surface area contributed by atoms with E-state index in [1.54, 1.807) is 0 Å². The zero-order chi connectivity index (χ0) is 12.0. The molecule has 0 N–H and O–H groups in total. The molecule has 0 saturated heterocycles. The van der Waals surface area contributed by atoms with E-state index in [9.17, 15) is 0 Å². The van der Waals surface area contributed by atoms with Crippen LogP contribution in [0, 0.1) is 6.92 Å². The van der Waals surface area contributed by atoms with Gasteiger partial charge in [-0.15, -0.1) is 0 Å². The van der Waals surface area contributed by atoms with Gasteiger partial charge in [0.05, 0.1) is 29.4 Å². The zero-order valence-corrected chi connectivity index (χ0v) is 11.7. The van der Waals surface area contributed by atoms with E-state index < -0.39 is 0 Å². The summed E-state index contributed by atoms with van der Waals surface area (Å²) in [6.07, 6.45) is 0.839. The standard InChI is InChI=1S/C13H11BrClNO/c1-7-4-8-12(15)9-6-17-3-2-11(9)16-13(8)10(14)5-7/h4-5H,2-3,6H2,1H3. The molecular weight excluding hydrogens is 302 g/mol. The van der Waals surface area contributed by atoms with Gasteiger partial charge in [-0.05, 0) is 40.5 Å². The molecule has 3 rings (SSSR count). The number of pyridine rings is 1. The van der Waals surface area contributed by atoms with Crippen LogP contribution in [0.3, 0.4) is 0 Å². The quantitative estimate of drug-likeness (QED) is 0.732. The summed E-state index contributed by atoms with van der Waals surface area (Å²) in [5.41, 5.74) is 4.23. The Morgan fingerprint density at radius 2 is 2.24 bits per heavy atom. The maximum Gasteiger partial charge on any atom is 0.0862 e. The fourth-order valence-electron chi connectivity index (χ4n) is 2.20. The van der Waals surface area contributed by atoms with E-state index in [1.807, 2.05) is 0 Å². The van der Waals surface area contributed by atoms with Gasteiger partial charge in [-0.25, -0.2) is 0 Å². The number of nitrogens with zero attached hydrogens (tertiary/aromatic N) is 1. The molecule has 0 bridgehead atoms. The molecule has 0 atom stereocenters. The Bertz CT molecular complexity index is 612. The maximum absolute atomic E-state index is 6.46. The van der Waals surface area contributed by atoms with Crippen LogP contribution in [0.4, 0.5) is 0 Å². The molecular formula is C13H11BrClNO. The molecule has 2 nitrogen and oxygen atoms in total. The van der Waals surface area contributed by atoms with Crippen LogP contribution in [0.5, 0.6) is 0 Å². The molecule has 4 heteroatoms. The number of benzene rings is 1. The molecule has 1 aromatic heterocycles. The minimum Gasteiger partial charge on any atom is -0.376 e. The number of aromatic nitrogens is 1. The van der Waals surface area contributed by atoms with Crippen molar-refractivity contribution in [1.82, 2.24) is 4.98 Å². The van der Waals surface area contributed by atoms with Crippen LogP contribution in [0.1, 0.15) is 16.8 Å². The highest BCUT2D eigenvalue weighted by Gasteiger charge is 2.18. The second-order valence-corrected chi connectivity index (χ2v) is 5.53. The summed E-state index contributed by atoms with van der Waals surface area (Å²) in [4.78, 5) is 4.71. The Hall–Kier alpha value is -0.640. The van der Waals surface area contributed by atoms with E-state index in [0.29, 0.717) is 6.61 Å². The van der Waals surface area contributed by atoms with Gasteiger partial charge in [-0.1, -0.05) is 11.6 Å². The summed E-state index contributed by atoms with van der Waals surface area (Å²) < 4.78 is 6.45. The summed E-state index contributed by atoms with van der Waals surface area (Å²) in [5.74, 6) is 0. The molecule has 0 saturated carbocycles. The smallest absolute Gasteiger partial charge is 0.0862 e. The van der Waals surface area contributed by atoms with Gasteiger partial charge < -0.3 is 4.74 Å². The second-order valence-electron chi connectivity index (χ2n) is 4.30. The average Bonchev–Trinajstić information content (AvgIpc) is 2.31. The Balaban J connectivity index is 2.40. The van der Waals surface area contributed by atoms with Crippen molar-refractivity contribution in [3.8, 4) is 0 Å². The summed E-state index contributed by atoms with van der Waals surface area (Å²) in [5, 5.41) is 1.79. The zero-order valence-electron chi connectivity index (χ0n) is 9.39. The third-order valence-electron chi connectivity index (χ3n) is 3.03. The molecule has 0 fully saturated rings. The van der Waals surface area contributed by atoms with E-state index in [2.05, 4.69) is 35.0 Å². The van der Waals surface area contributed by atoms with Crippen LogP contribution in [0.2, 0.25) is 5.02 Å². The number of halogens is 2. The van der Waals surface area contributed by atoms with Crippen molar-refractivity contribution in [3.63, 3.8) is 0 Å². The van der Waals surface area contributed by atoms with E-state index in [1.165, 1.54) is 5.56 Å². The number of hydrogen-bond donors (Lipinski definition) is 0. The molecule has 0 radical (unpaired) electrons. The lowest BCUT2D eigenvalue weighted by atomic mass is 10.0. The largest absolute Gasteiger partial charge is 0.376 e. The van der Waals surface area contributed by atoms with Crippen LogP contribution in [0.15, 0.2) is 16.6 Å². The van der Waals surface area contributed by atoms with Gasteiger partial charge >= 0.3 is 0 Å². The van der Waals surface area contributed by atoms with E-state index in [4.69, 9.17) is 21.3 Å². The number of hydrogen-bond acceptors (Lipinski definition) is 2. The first-order valence-corrected chi connectivity index (χ1v) is 6.69. The molecule has 2 heterocycles. The van der Waals surface area contributed by atoms with Gasteiger partial charge in [0, 0.05) is 21.8 Å². The molecule has 88 valence electrons.